The van der Waals surface area contributed by atoms with Gasteiger partial charge in [-0.3, -0.25) is 9.59 Å². The zero-order chi connectivity index (χ0) is 15.2. The Morgan fingerprint density at radius 3 is 2.60 bits per heavy atom. The lowest BCUT2D eigenvalue weighted by atomic mass is 9.81. The van der Waals surface area contributed by atoms with Gasteiger partial charge in [-0.2, -0.15) is 13.2 Å². The van der Waals surface area contributed by atoms with Crippen LogP contribution in [0.15, 0.2) is 0 Å². The average molecular weight is 295 g/mol. The minimum absolute atomic E-state index is 0.0931. The zero-order valence-electron chi connectivity index (χ0n) is 11.5. The highest BCUT2D eigenvalue weighted by atomic mass is 19.4. The number of rotatable bonds is 5. The fourth-order valence-electron chi connectivity index (χ4n) is 2.33. The predicted molar refractivity (Wildman–Crippen MR) is 65.8 cm³/mol. The maximum Gasteiger partial charge on any atom is 0.391 e. The van der Waals surface area contributed by atoms with E-state index in [0.29, 0.717) is 25.8 Å². The minimum atomic E-state index is -4.23. The fourth-order valence-corrected chi connectivity index (χ4v) is 2.33. The number of nitrogens with one attached hydrogen (secondary N) is 1. The highest BCUT2D eigenvalue weighted by molar-refractivity contribution is 5.73. The summed E-state index contributed by atoms with van der Waals surface area (Å²) in [5.41, 5.74) is 0. The van der Waals surface area contributed by atoms with E-state index in [9.17, 15) is 22.8 Å². The quantitative estimate of drug-likeness (QED) is 0.626. The summed E-state index contributed by atoms with van der Waals surface area (Å²) in [6.45, 7) is 1.88. The van der Waals surface area contributed by atoms with Crippen LogP contribution in [0.1, 0.15) is 39.0 Å². The molecule has 0 saturated heterocycles. The molecule has 1 aliphatic rings. The van der Waals surface area contributed by atoms with Gasteiger partial charge in [-0.1, -0.05) is 6.42 Å². The lowest BCUT2D eigenvalue weighted by Gasteiger charge is -2.29. The summed E-state index contributed by atoms with van der Waals surface area (Å²) >= 11 is 0. The number of carbonyl (C=O) groups is 2. The topological polar surface area (TPSA) is 55.4 Å². The van der Waals surface area contributed by atoms with Crippen molar-refractivity contribution >= 4 is 11.9 Å². The van der Waals surface area contributed by atoms with Gasteiger partial charge in [0.25, 0.3) is 0 Å². The Balaban J connectivity index is 2.27. The Bertz CT molecular complexity index is 344. The lowest BCUT2D eigenvalue weighted by Crippen LogP contribution is -2.32. The third kappa shape index (κ3) is 5.79. The fraction of sp³-hybridized carbons (Fsp3) is 0.846. The van der Waals surface area contributed by atoms with Crippen molar-refractivity contribution in [1.82, 2.24) is 5.32 Å². The summed E-state index contributed by atoms with van der Waals surface area (Å²) in [7, 11) is 0. The van der Waals surface area contributed by atoms with Crippen molar-refractivity contribution in [2.75, 3.05) is 13.2 Å². The molecule has 1 amide bonds. The van der Waals surface area contributed by atoms with Crippen LogP contribution < -0.4 is 5.32 Å². The molecule has 1 fully saturated rings. The van der Waals surface area contributed by atoms with Gasteiger partial charge in [-0.25, -0.2) is 0 Å². The molecule has 0 aromatic carbocycles. The van der Waals surface area contributed by atoms with E-state index >= 15 is 0 Å². The number of halogens is 3. The molecular weight excluding hydrogens is 275 g/mol. The molecule has 0 aliphatic heterocycles. The molecule has 0 heterocycles. The standard InChI is InChI=1S/C13H20F3NO3/c1-9(18)17-6-3-7-20-12(19)10-4-2-5-11(8-10)13(14,15)16/h10-11H,2-8H2,1H3,(H,17,18). The molecule has 0 spiro atoms. The Labute approximate surface area is 116 Å². The van der Waals surface area contributed by atoms with Crippen LogP contribution in [-0.2, 0) is 14.3 Å². The first-order valence-electron chi connectivity index (χ1n) is 6.78. The molecule has 7 heteroatoms. The highest BCUT2D eigenvalue weighted by Gasteiger charge is 2.43. The Morgan fingerprint density at radius 2 is 2.00 bits per heavy atom. The van der Waals surface area contributed by atoms with Crippen LogP contribution in [0.5, 0.6) is 0 Å². The van der Waals surface area contributed by atoms with E-state index in [0.717, 1.165) is 0 Å². The molecule has 2 atom stereocenters. The number of carbonyl (C=O) groups excluding carboxylic acids is 2. The maximum absolute atomic E-state index is 12.6. The van der Waals surface area contributed by atoms with Gasteiger partial charge in [-0.05, 0) is 25.7 Å². The number of ether oxygens (including phenoxy) is 1. The second-order valence-electron chi connectivity index (χ2n) is 5.11. The van der Waals surface area contributed by atoms with Crippen molar-refractivity contribution in [3.8, 4) is 0 Å². The Kier molecular flexibility index (Phi) is 6.29. The monoisotopic (exact) mass is 295 g/mol. The first-order chi connectivity index (χ1) is 9.30. The van der Waals surface area contributed by atoms with Crippen LogP contribution in [0.4, 0.5) is 13.2 Å². The van der Waals surface area contributed by atoms with Crippen molar-refractivity contribution < 1.29 is 27.5 Å². The van der Waals surface area contributed by atoms with Gasteiger partial charge in [0.1, 0.15) is 0 Å². The van der Waals surface area contributed by atoms with Gasteiger partial charge in [0.2, 0.25) is 5.91 Å². The van der Waals surface area contributed by atoms with Gasteiger partial charge in [-0.15, -0.1) is 0 Å². The third-order valence-corrected chi connectivity index (χ3v) is 3.41. The van der Waals surface area contributed by atoms with Gasteiger partial charge in [0, 0.05) is 13.5 Å². The molecule has 0 radical (unpaired) electrons. The van der Waals surface area contributed by atoms with Crippen molar-refractivity contribution in [1.29, 1.82) is 0 Å². The molecule has 0 bridgehead atoms. The van der Waals surface area contributed by atoms with E-state index in [2.05, 4.69) is 5.32 Å². The summed E-state index contributed by atoms with van der Waals surface area (Å²) in [4.78, 5) is 22.3. The second kappa shape index (κ2) is 7.50. The van der Waals surface area contributed by atoms with Crippen molar-refractivity contribution in [2.45, 2.75) is 45.2 Å². The summed E-state index contributed by atoms with van der Waals surface area (Å²) in [6, 6.07) is 0. The molecule has 116 valence electrons. The van der Waals surface area contributed by atoms with Crippen molar-refractivity contribution in [2.24, 2.45) is 11.8 Å². The minimum Gasteiger partial charge on any atom is -0.465 e. The van der Waals surface area contributed by atoms with Gasteiger partial charge >= 0.3 is 12.1 Å². The van der Waals surface area contributed by atoms with Crippen LogP contribution >= 0.6 is 0 Å². The number of hydrogen-bond acceptors (Lipinski definition) is 3. The number of esters is 1. The van der Waals surface area contributed by atoms with E-state index in [1.807, 2.05) is 0 Å². The van der Waals surface area contributed by atoms with Crippen LogP contribution in [-0.4, -0.2) is 31.2 Å². The number of hydrogen-bond donors (Lipinski definition) is 1. The second-order valence-corrected chi connectivity index (χ2v) is 5.11. The van der Waals surface area contributed by atoms with Crippen LogP contribution in [0.25, 0.3) is 0 Å². The SMILES string of the molecule is CC(=O)NCCCOC(=O)C1CCCC(C(F)(F)F)C1. The van der Waals surface area contributed by atoms with E-state index in [4.69, 9.17) is 4.74 Å². The summed E-state index contributed by atoms with van der Waals surface area (Å²) < 4.78 is 42.8. The van der Waals surface area contributed by atoms with E-state index in [-0.39, 0.29) is 25.4 Å². The number of alkyl halides is 3. The maximum atomic E-state index is 12.6. The smallest absolute Gasteiger partial charge is 0.391 e. The largest absolute Gasteiger partial charge is 0.465 e. The van der Waals surface area contributed by atoms with E-state index in [1.54, 1.807) is 0 Å². The van der Waals surface area contributed by atoms with Crippen LogP contribution in [0, 0.1) is 11.8 Å². The molecule has 1 saturated carbocycles. The van der Waals surface area contributed by atoms with Crippen LogP contribution in [0.3, 0.4) is 0 Å². The number of amides is 1. The summed E-state index contributed by atoms with van der Waals surface area (Å²) in [5.74, 6) is -2.78. The Morgan fingerprint density at radius 1 is 1.30 bits per heavy atom. The Hall–Kier alpha value is -1.27. The van der Waals surface area contributed by atoms with Crippen molar-refractivity contribution in [3.05, 3.63) is 0 Å². The molecule has 1 N–H and O–H groups in total. The van der Waals surface area contributed by atoms with Gasteiger partial charge in [0.05, 0.1) is 18.4 Å². The molecule has 2 unspecified atom stereocenters. The zero-order valence-corrected chi connectivity index (χ0v) is 11.5. The van der Waals surface area contributed by atoms with E-state index in [1.165, 1.54) is 6.92 Å². The molecule has 0 aromatic heterocycles. The lowest BCUT2D eigenvalue weighted by molar-refractivity contribution is -0.189. The first kappa shape index (κ1) is 16.8. The molecule has 1 rings (SSSR count). The molecule has 0 aromatic rings. The van der Waals surface area contributed by atoms with E-state index < -0.39 is 24.0 Å². The first-order valence-corrected chi connectivity index (χ1v) is 6.78. The predicted octanol–water partition coefficient (Wildman–Crippen LogP) is 2.42. The molecule has 20 heavy (non-hydrogen) atoms. The third-order valence-electron chi connectivity index (χ3n) is 3.41. The average Bonchev–Trinajstić information content (AvgIpc) is 2.37. The molecule has 4 nitrogen and oxygen atoms in total. The normalized spacial score (nSPS) is 23.2. The summed E-state index contributed by atoms with van der Waals surface area (Å²) in [5, 5.41) is 2.55. The van der Waals surface area contributed by atoms with Crippen molar-refractivity contribution in [3.63, 3.8) is 0 Å². The molecular formula is C13H20F3NO3. The highest BCUT2D eigenvalue weighted by Crippen LogP contribution is 2.40. The molecule has 1 aliphatic carbocycles. The van der Waals surface area contributed by atoms with Gasteiger partial charge in [0.15, 0.2) is 0 Å². The van der Waals surface area contributed by atoms with Crippen LogP contribution in [0.2, 0.25) is 0 Å². The summed E-state index contributed by atoms with van der Waals surface area (Å²) in [6.07, 6.45) is -3.00. The van der Waals surface area contributed by atoms with Gasteiger partial charge < -0.3 is 10.1 Å².